The average molecular weight is 126 g/mol. The van der Waals surface area contributed by atoms with Gasteiger partial charge in [-0.15, -0.1) is 0 Å². The van der Waals surface area contributed by atoms with E-state index < -0.39 is 0 Å². The largest absolute Gasteiger partial charge is 0.392 e. The van der Waals surface area contributed by atoms with Crippen LogP contribution in [0.15, 0.2) is 16.8 Å². The molecule has 52 valence electrons. The summed E-state index contributed by atoms with van der Waals surface area (Å²) < 4.78 is 0. The lowest BCUT2D eigenvalue weighted by atomic mass is 10.3. The minimum Gasteiger partial charge on any atom is -0.392 e. The molecule has 0 saturated carbocycles. The number of aliphatic imine (C=N–C) groups is 1. The van der Waals surface area contributed by atoms with Crippen molar-refractivity contribution in [2.75, 3.05) is 14.1 Å². The van der Waals surface area contributed by atoms with Crippen LogP contribution in [0, 0.1) is 0 Å². The minimum absolute atomic E-state index is 1.04. The van der Waals surface area contributed by atoms with Gasteiger partial charge in [-0.25, -0.2) is 0 Å². The Kier molecular flexibility index (Phi) is 3.76. The molecular weight excluding hydrogens is 112 g/mol. The van der Waals surface area contributed by atoms with Crippen LogP contribution < -0.4 is 5.32 Å². The summed E-state index contributed by atoms with van der Waals surface area (Å²) in [6.07, 6.45) is 2.00. The number of rotatable bonds is 2. The van der Waals surface area contributed by atoms with Crippen LogP contribution in [0.3, 0.4) is 0 Å². The molecule has 0 radical (unpaired) electrons. The molecule has 1 N–H and O–H groups in total. The molecule has 0 fully saturated rings. The number of nitrogens with zero attached hydrogens (tertiary/aromatic N) is 1. The van der Waals surface area contributed by atoms with Gasteiger partial charge in [-0.2, -0.15) is 0 Å². The maximum atomic E-state index is 3.98. The Morgan fingerprint density at radius 3 is 2.33 bits per heavy atom. The molecule has 0 spiro atoms. The Morgan fingerprint density at radius 1 is 1.44 bits per heavy atom. The van der Waals surface area contributed by atoms with Gasteiger partial charge in [0.2, 0.25) is 0 Å². The molecule has 0 aliphatic heterocycles. The summed E-state index contributed by atoms with van der Waals surface area (Å²) in [6.45, 7) is 3.98. The highest BCUT2D eigenvalue weighted by atomic mass is 14.8. The zero-order valence-electron chi connectivity index (χ0n) is 6.52. The van der Waals surface area contributed by atoms with Crippen LogP contribution in [0.1, 0.15) is 13.8 Å². The van der Waals surface area contributed by atoms with E-state index in [1.54, 1.807) is 7.05 Å². The lowest BCUT2D eigenvalue weighted by Gasteiger charge is -1.96. The molecule has 0 unspecified atom stereocenters. The Labute approximate surface area is 56.7 Å². The van der Waals surface area contributed by atoms with Crippen LogP contribution in [-0.2, 0) is 0 Å². The van der Waals surface area contributed by atoms with Crippen molar-refractivity contribution in [3.05, 3.63) is 11.8 Å². The highest BCUT2D eigenvalue weighted by Gasteiger charge is 1.82. The molecule has 0 heterocycles. The van der Waals surface area contributed by atoms with Gasteiger partial charge in [-0.3, -0.25) is 4.99 Å². The first-order valence-electron chi connectivity index (χ1n) is 3.00. The van der Waals surface area contributed by atoms with Crippen molar-refractivity contribution in [3.63, 3.8) is 0 Å². The van der Waals surface area contributed by atoms with Gasteiger partial charge in [0, 0.05) is 25.5 Å². The third-order valence-electron chi connectivity index (χ3n) is 1.17. The lowest BCUT2D eigenvalue weighted by molar-refractivity contribution is 0.992. The molecule has 0 amide bonds. The maximum absolute atomic E-state index is 3.98. The predicted octanol–water partition coefficient (Wildman–Crippen LogP) is 1.20. The summed E-state index contributed by atoms with van der Waals surface area (Å²) >= 11 is 0. The summed E-state index contributed by atoms with van der Waals surface area (Å²) in [7, 11) is 3.68. The van der Waals surface area contributed by atoms with Crippen LogP contribution in [0.2, 0.25) is 0 Å². The van der Waals surface area contributed by atoms with E-state index in [0.717, 1.165) is 11.4 Å². The summed E-state index contributed by atoms with van der Waals surface area (Å²) in [4.78, 5) is 3.98. The molecule has 0 rings (SSSR count). The smallest absolute Gasteiger partial charge is 0.0330 e. The lowest BCUT2D eigenvalue weighted by Crippen LogP contribution is -2.03. The third kappa shape index (κ3) is 3.76. The van der Waals surface area contributed by atoms with E-state index in [9.17, 15) is 0 Å². The van der Waals surface area contributed by atoms with E-state index in [2.05, 4.69) is 10.3 Å². The van der Waals surface area contributed by atoms with Gasteiger partial charge in [0.1, 0.15) is 0 Å². The minimum atomic E-state index is 1.04. The van der Waals surface area contributed by atoms with E-state index in [0.29, 0.717) is 0 Å². The number of nitrogens with one attached hydrogen (secondary N) is 1. The van der Waals surface area contributed by atoms with Crippen molar-refractivity contribution >= 4 is 5.71 Å². The second-order valence-electron chi connectivity index (χ2n) is 1.94. The molecule has 0 aromatic rings. The quantitative estimate of drug-likeness (QED) is 0.552. The van der Waals surface area contributed by atoms with Gasteiger partial charge in [0.25, 0.3) is 0 Å². The fraction of sp³-hybridized carbons (Fsp3) is 0.571. The Morgan fingerprint density at radius 2 is 2.00 bits per heavy atom. The number of hydrogen-bond acceptors (Lipinski definition) is 2. The van der Waals surface area contributed by atoms with Gasteiger partial charge in [0.15, 0.2) is 0 Å². The van der Waals surface area contributed by atoms with Crippen LogP contribution in [-0.4, -0.2) is 19.8 Å². The third-order valence-corrected chi connectivity index (χ3v) is 1.17. The molecular formula is C7H14N2. The topological polar surface area (TPSA) is 24.4 Å². The van der Waals surface area contributed by atoms with Gasteiger partial charge in [-0.1, -0.05) is 0 Å². The number of allylic oxidation sites excluding steroid dienone is 2. The van der Waals surface area contributed by atoms with Crippen molar-refractivity contribution < 1.29 is 0 Å². The van der Waals surface area contributed by atoms with Crippen molar-refractivity contribution in [1.29, 1.82) is 0 Å². The van der Waals surface area contributed by atoms with Crippen molar-refractivity contribution in [1.82, 2.24) is 5.32 Å². The highest BCUT2D eigenvalue weighted by Crippen LogP contribution is 1.85. The van der Waals surface area contributed by atoms with E-state index >= 15 is 0 Å². The second kappa shape index (κ2) is 4.13. The predicted molar refractivity (Wildman–Crippen MR) is 41.8 cm³/mol. The molecule has 0 aliphatic rings. The highest BCUT2D eigenvalue weighted by molar-refractivity contribution is 5.93. The Hall–Kier alpha value is -0.790. The van der Waals surface area contributed by atoms with Gasteiger partial charge >= 0.3 is 0 Å². The van der Waals surface area contributed by atoms with Crippen LogP contribution in [0.4, 0.5) is 0 Å². The van der Waals surface area contributed by atoms with Gasteiger partial charge in [0.05, 0.1) is 0 Å². The molecule has 0 atom stereocenters. The van der Waals surface area contributed by atoms with E-state index in [1.807, 2.05) is 27.0 Å². The molecule has 9 heavy (non-hydrogen) atoms. The molecule has 0 aliphatic carbocycles. The van der Waals surface area contributed by atoms with Gasteiger partial charge < -0.3 is 5.32 Å². The first kappa shape index (κ1) is 8.21. The van der Waals surface area contributed by atoms with Crippen molar-refractivity contribution in [2.45, 2.75) is 13.8 Å². The monoisotopic (exact) mass is 126 g/mol. The van der Waals surface area contributed by atoms with E-state index in [-0.39, 0.29) is 0 Å². The van der Waals surface area contributed by atoms with Crippen LogP contribution >= 0.6 is 0 Å². The van der Waals surface area contributed by atoms with Gasteiger partial charge in [-0.05, 0) is 19.9 Å². The fourth-order valence-electron chi connectivity index (χ4n) is 0.450. The SMILES string of the molecule is CN=C(C)/C=C(/C)NC. The first-order valence-corrected chi connectivity index (χ1v) is 3.00. The summed E-state index contributed by atoms with van der Waals surface area (Å²) in [5.74, 6) is 0. The van der Waals surface area contributed by atoms with Crippen LogP contribution in [0.25, 0.3) is 0 Å². The molecule has 0 aromatic carbocycles. The van der Waals surface area contributed by atoms with Crippen molar-refractivity contribution in [3.8, 4) is 0 Å². The Balaban J connectivity index is 3.95. The second-order valence-corrected chi connectivity index (χ2v) is 1.94. The fourth-order valence-corrected chi connectivity index (χ4v) is 0.450. The average Bonchev–Trinajstić information content (AvgIpc) is 1.87. The zero-order chi connectivity index (χ0) is 7.28. The zero-order valence-corrected chi connectivity index (χ0v) is 6.52. The van der Waals surface area contributed by atoms with Crippen LogP contribution in [0.5, 0.6) is 0 Å². The Bertz CT molecular complexity index is 134. The molecule has 2 heteroatoms. The summed E-state index contributed by atoms with van der Waals surface area (Å²) in [5.41, 5.74) is 2.18. The molecule has 2 nitrogen and oxygen atoms in total. The maximum Gasteiger partial charge on any atom is 0.0330 e. The van der Waals surface area contributed by atoms with E-state index in [1.165, 1.54) is 0 Å². The summed E-state index contributed by atoms with van der Waals surface area (Å²) in [6, 6.07) is 0. The first-order chi connectivity index (χ1) is 4.20. The summed E-state index contributed by atoms with van der Waals surface area (Å²) in [5, 5.41) is 3.01. The normalized spacial score (nSPS) is 13.8. The molecule has 0 aromatic heterocycles. The number of hydrogen-bond donors (Lipinski definition) is 1. The van der Waals surface area contributed by atoms with Crippen molar-refractivity contribution in [2.24, 2.45) is 4.99 Å². The molecule has 0 saturated heterocycles. The standard InChI is InChI=1S/C7H14N2/c1-6(8-3)5-7(2)9-4/h5,8H,1-4H3/b6-5-,9-7?. The van der Waals surface area contributed by atoms with E-state index in [4.69, 9.17) is 0 Å². The molecule has 0 bridgehead atoms.